The number of aromatic nitrogens is 1. The second kappa shape index (κ2) is 8.04. The topological polar surface area (TPSA) is 48.5 Å². The molecule has 1 aromatic heterocycles. The first-order chi connectivity index (χ1) is 10.5. The number of likely N-dealkylation sites (N-methyl/N-ethyl adjacent to an activating group) is 2. The minimum absolute atomic E-state index is 0.145. The number of thiazole rings is 1. The number of hydrogen-bond donors (Lipinski definition) is 1. The van der Waals surface area contributed by atoms with Crippen LogP contribution in [-0.4, -0.2) is 67.0 Å². The maximum atomic E-state index is 12.1. The number of piperazine rings is 1. The van der Waals surface area contributed by atoms with Gasteiger partial charge in [0.2, 0.25) is 5.91 Å². The van der Waals surface area contributed by atoms with Gasteiger partial charge in [-0.1, -0.05) is 13.8 Å². The van der Waals surface area contributed by atoms with Gasteiger partial charge in [0.25, 0.3) is 0 Å². The Labute approximate surface area is 137 Å². The highest BCUT2D eigenvalue weighted by Crippen LogP contribution is 2.19. The smallest absolute Gasteiger partial charge is 0.221 e. The van der Waals surface area contributed by atoms with Crippen molar-refractivity contribution in [2.45, 2.75) is 38.6 Å². The number of hydrogen-bond acceptors (Lipinski definition) is 5. The average molecular weight is 324 g/mol. The largest absolute Gasteiger partial charge is 0.356 e. The SMILES string of the molecule is CC(C)c1nc(CCNC(=O)CC2CN(C)CCN2C)cs1. The van der Waals surface area contributed by atoms with Crippen LogP contribution in [0.25, 0.3) is 0 Å². The Kier molecular flexibility index (Phi) is 6.35. The van der Waals surface area contributed by atoms with E-state index in [1.165, 1.54) is 5.01 Å². The van der Waals surface area contributed by atoms with Gasteiger partial charge in [-0.15, -0.1) is 11.3 Å². The third-order valence-electron chi connectivity index (χ3n) is 4.17. The van der Waals surface area contributed by atoms with E-state index >= 15 is 0 Å². The monoisotopic (exact) mass is 324 g/mol. The molecule has 0 radical (unpaired) electrons. The van der Waals surface area contributed by atoms with E-state index in [2.05, 4.69) is 53.4 Å². The van der Waals surface area contributed by atoms with Crippen molar-refractivity contribution in [2.24, 2.45) is 0 Å². The van der Waals surface area contributed by atoms with Gasteiger partial charge in [0.05, 0.1) is 10.7 Å². The van der Waals surface area contributed by atoms with Crippen LogP contribution in [0.5, 0.6) is 0 Å². The van der Waals surface area contributed by atoms with Crippen LogP contribution in [0.15, 0.2) is 5.38 Å². The van der Waals surface area contributed by atoms with Crippen LogP contribution in [0, 0.1) is 0 Å². The minimum atomic E-state index is 0.145. The molecule has 1 aliphatic rings. The Hall–Kier alpha value is -0.980. The highest BCUT2D eigenvalue weighted by atomic mass is 32.1. The summed E-state index contributed by atoms with van der Waals surface area (Å²) in [5.41, 5.74) is 1.09. The molecule has 22 heavy (non-hydrogen) atoms. The normalized spacial score (nSPS) is 20.5. The molecule has 6 heteroatoms. The molecule has 2 rings (SSSR count). The van der Waals surface area contributed by atoms with Crippen molar-refractivity contribution in [1.29, 1.82) is 0 Å². The molecule has 1 unspecified atom stereocenters. The first-order valence-corrected chi connectivity index (χ1v) is 8.93. The van der Waals surface area contributed by atoms with Crippen molar-refractivity contribution in [3.8, 4) is 0 Å². The predicted octanol–water partition coefficient (Wildman–Crippen LogP) is 1.56. The highest BCUT2D eigenvalue weighted by Gasteiger charge is 2.24. The second-order valence-electron chi connectivity index (χ2n) is 6.53. The van der Waals surface area contributed by atoms with E-state index in [-0.39, 0.29) is 5.91 Å². The molecule has 1 aromatic rings. The Morgan fingerprint density at radius 1 is 1.45 bits per heavy atom. The zero-order chi connectivity index (χ0) is 16.1. The molecule has 5 nitrogen and oxygen atoms in total. The zero-order valence-corrected chi connectivity index (χ0v) is 14.9. The van der Waals surface area contributed by atoms with Gasteiger partial charge in [-0.25, -0.2) is 4.98 Å². The summed E-state index contributed by atoms with van der Waals surface area (Å²) in [7, 11) is 4.22. The molecule has 0 aromatic carbocycles. The average Bonchev–Trinajstić information content (AvgIpc) is 2.92. The van der Waals surface area contributed by atoms with E-state index < -0.39 is 0 Å². The zero-order valence-electron chi connectivity index (χ0n) is 14.1. The van der Waals surface area contributed by atoms with Crippen molar-refractivity contribution in [2.75, 3.05) is 40.3 Å². The molecule has 0 saturated carbocycles. The molecule has 124 valence electrons. The van der Waals surface area contributed by atoms with E-state index in [1.54, 1.807) is 11.3 Å². The fraction of sp³-hybridized carbons (Fsp3) is 0.750. The maximum absolute atomic E-state index is 12.1. The molecule has 1 aliphatic heterocycles. The number of nitrogens with one attached hydrogen (secondary N) is 1. The van der Waals surface area contributed by atoms with Gasteiger partial charge in [-0.3, -0.25) is 4.79 Å². The number of carbonyl (C=O) groups excluding carboxylic acids is 1. The highest BCUT2D eigenvalue weighted by molar-refractivity contribution is 7.09. The molecular formula is C16H28N4OS. The third kappa shape index (κ3) is 5.04. The molecule has 1 N–H and O–H groups in total. The standard InChI is InChI=1S/C16H28N4OS/c1-12(2)16-18-13(11-22-16)5-6-17-15(21)9-14-10-19(3)7-8-20(14)4/h11-12,14H,5-10H2,1-4H3,(H,17,21). The maximum Gasteiger partial charge on any atom is 0.221 e. The lowest BCUT2D eigenvalue weighted by atomic mass is 10.1. The molecule has 0 bridgehead atoms. The van der Waals surface area contributed by atoms with Crippen LogP contribution in [0.1, 0.15) is 36.9 Å². The van der Waals surface area contributed by atoms with E-state index in [0.717, 1.165) is 31.7 Å². The Bertz CT molecular complexity index is 488. The number of amides is 1. The van der Waals surface area contributed by atoms with Gasteiger partial charge in [-0.05, 0) is 14.1 Å². The molecule has 1 fully saturated rings. The lowest BCUT2D eigenvalue weighted by molar-refractivity contribution is -0.122. The first-order valence-electron chi connectivity index (χ1n) is 8.05. The fourth-order valence-electron chi connectivity index (χ4n) is 2.64. The van der Waals surface area contributed by atoms with Crippen LogP contribution < -0.4 is 5.32 Å². The summed E-state index contributed by atoms with van der Waals surface area (Å²) in [5.74, 6) is 0.624. The summed E-state index contributed by atoms with van der Waals surface area (Å²) in [6.07, 6.45) is 1.39. The van der Waals surface area contributed by atoms with Crippen molar-refractivity contribution in [1.82, 2.24) is 20.1 Å². The van der Waals surface area contributed by atoms with E-state index in [9.17, 15) is 4.79 Å². The Morgan fingerprint density at radius 2 is 2.23 bits per heavy atom. The van der Waals surface area contributed by atoms with Crippen molar-refractivity contribution < 1.29 is 4.79 Å². The molecule has 0 aliphatic carbocycles. The molecular weight excluding hydrogens is 296 g/mol. The van der Waals surface area contributed by atoms with Crippen LogP contribution in [-0.2, 0) is 11.2 Å². The third-order valence-corrected chi connectivity index (χ3v) is 5.36. The van der Waals surface area contributed by atoms with Gasteiger partial charge in [0.15, 0.2) is 0 Å². The number of nitrogens with zero attached hydrogens (tertiary/aromatic N) is 3. The number of carbonyl (C=O) groups is 1. The van der Waals surface area contributed by atoms with Crippen LogP contribution in [0.4, 0.5) is 0 Å². The number of rotatable bonds is 6. The first kappa shape index (κ1) is 17.4. The Morgan fingerprint density at radius 3 is 2.91 bits per heavy atom. The Balaban J connectivity index is 1.71. The van der Waals surface area contributed by atoms with Crippen molar-refractivity contribution in [3.05, 3.63) is 16.1 Å². The van der Waals surface area contributed by atoms with Gasteiger partial charge >= 0.3 is 0 Å². The van der Waals surface area contributed by atoms with Gasteiger partial charge in [0.1, 0.15) is 0 Å². The molecule has 1 saturated heterocycles. The summed E-state index contributed by atoms with van der Waals surface area (Å²) in [6, 6.07) is 0.325. The van der Waals surface area contributed by atoms with Crippen LogP contribution in [0.3, 0.4) is 0 Å². The summed E-state index contributed by atoms with van der Waals surface area (Å²) < 4.78 is 0. The summed E-state index contributed by atoms with van der Waals surface area (Å²) in [6.45, 7) is 8.06. The molecule has 1 amide bonds. The van der Waals surface area contributed by atoms with Gasteiger partial charge in [-0.2, -0.15) is 0 Å². The molecule has 0 spiro atoms. The lowest BCUT2D eigenvalue weighted by Crippen LogP contribution is -2.51. The van der Waals surface area contributed by atoms with Crippen LogP contribution in [0.2, 0.25) is 0 Å². The van der Waals surface area contributed by atoms with E-state index in [4.69, 9.17) is 0 Å². The van der Waals surface area contributed by atoms with Gasteiger partial charge < -0.3 is 15.1 Å². The summed E-state index contributed by atoms with van der Waals surface area (Å²) in [5, 5.41) is 6.31. The molecule has 1 atom stereocenters. The summed E-state index contributed by atoms with van der Waals surface area (Å²) >= 11 is 1.71. The van der Waals surface area contributed by atoms with E-state index in [1.807, 2.05) is 0 Å². The van der Waals surface area contributed by atoms with Crippen molar-refractivity contribution in [3.63, 3.8) is 0 Å². The second-order valence-corrected chi connectivity index (χ2v) is 7.42. The molecule has 2 heterocycles. The van der Waals surface area contributed by atoms with E-state index in [0.29, 0.717) is 24.9 Å². The van der Waals surface area contributed by atoms with Gasteiger partial charge in [0, 0.05) is 56.4 Å². The van der Waals surface area contributed by atoms with Crippen LogP contribution >= 0.6 is 11.3 Å². The predicted molar refractivity (Wildman–Crippen MR) is 91.4 cm³/mol. The lowest BCUT2D eigenvalue weighted by Gasteiger charge is -2.37. The van der Waals surface area contributed by atoms with Crippen molar-refractivity contribution >= 4 is 17.2 Å². The minimum Gasteiger partial charge on any atom is -0.356 e. The fourth-order valence-corrected chi connectivity index (χ4v) is 3.51. The summed E-state index contributed by atoms with van der Waals surface area (Å²) in [4.78, 5) is 21.3. The quantitative estimate of drug-likeness (QED) is 0.863.